The zero-order valence-electron chi connectivity index (χ0n) is 8.49. The molecule has 0 aromatic carbocycles. The predicted octanol–water partition coefficient (Wildman–Crippen LogP) is 1.70. The first-order valence-corrected chi connectivity index (χ1v) is 5.12. The van der Waals surface area contributed by atoms with E-state index < -0.39 is 6.10 Å². The Bertz CT molecular complexity index is 277. The van der Waals surface area contributed by atoms with Crippen LogP contribution in [0.1, 0.15) is 31.6 Å². The molecule has 1 aliphatic carbocycles. The average Bonchev–Trinajstić information content (AvgIpc) is 2.72. The SMILES string of the molecule is CC1(CNCC(O)c2ccco2)CC1. The number of aliphatic hydroxyl groups is 1. The van der Waals surface area contributed by atoms with E-state index in [-0.39, 0.29) is 0 Å². The average molecular weight is 195 g/mol. The lowest BCUT2D eigenvalue weighted by molar-refractivity contribution is 0.146. The molecule has 1 fully saturated rings. The predicted molar refractivity (Wildman–Crippen MR) is 53.9 cm³/mol. The molecular formula is C11H17NO2. The number of hydrogen-bond acceptors (Lipinski definition) is 3. The van der Waals surface area contributed by atoms with E-state index in [1.807, 2.05) is 0 Å². The third-order valence-electron chi connectivity index (χ3n) is 2.86. The number of furan rings is 1. The summed E-state index contributed by atoms with van der Waals surface area (Å²) in [6, 6.07) is 3.59. The molecule has 1 heterocycles. The molecule has 0 spiro atoms. The van der Waals surface area contributed by atoms with Crippen molar-refractivity contribution in [2.45, 2.75) is 25.9 Å². The Kier molecular flexibility index (Phi) is 2.61. The molecule has 0 amide bonds. The molecular weight excluding hydrogens is 178 g/mol. The fraction of sp³-hybridized carbons (Fsp3) is 0.636. The van der Waals surface area contributed by atoms with Crippen LogP contribution in [0.15, 0.2) is 22.8 Å². The number of rotatable bonds is 5. The second-order valence-electron chi connectivity index (χ2n) is 4.47. The lowest BCUT2D eigenvalue weighted by Crippen LogP contribution is -2.26. The Morgan fingerprint density at radius 2 is 2.43 bits per heavy atom. The first kappa shape index (κ1) is 9.74. The molecule has 1 saturated carbocycles. The molecule has 78 valence electrons. The molecule has 14 heavy (non-hydrogen) atoms. The summed E-state index contributed by atoms with van der Waals surface area (Å²) in [6.07, 6.45) is 3.67. The summed E-state index contributed by atoms with van der Waals surface area (Å²) in [6.45, 7) is 3.83. The third-order valence-corrected chi connectivity index (χ3v) is 2.86. The van der Waals surface area contributed by atoms with Crippen molar-refractivity contribution in [1.82, 2.24) is 5.32 Å². The van der Waals surface area contributed by atoms with Crippen LogP contribution < -0.4 is 5.32 Å². The number of nitrogens with one attached hydrogen (secondary N) is 1. The van der Waals surface area contributed by atoms with Crippen LogP contribution in [0.3, 0.4) is 0 Å². The van der Waals surface area contributed by atoms with E-state index in [2.05, 4.69) is 12.2 Å². The van der Waals surface area contributed by atoms with E-state index in [1.54, 1.807) is 18.4 Å². The second-order valence-corrected chi connectivity index (χ2v) is 4.47. The quantitative estimate of drug-likeness (QED) is 0.751. The Balaban J connectivity index is 1.70. The van der Waals surface area contributed by atoms with Crippen LogP contribution >= 0.6 is 0 Å². The molecule has 1 aliphatic rings. The molecule has 3 nitrogen and oxygen atoms in total. The Morgan fingerprint density at radius 3 is 3.00 bits per heavy atom. The molecule has 0 aliphatic heterocycles. The molecule has 0 bridgehead atoms. The highest BCUT2D eigenvalue weighted by atomic mass is 16.4. The van der Waals surface area contributed by atoms with Crippen LogP contribution in [0.2, 0.25) is 0 Å². The van der Waals surface area contributed by atoms with Crippen LogP contribution in [0.25, 0.3) is 0 Å². The highest BCUT2D eigenvalue weighted by Gasteiger charge is 2.36. The Labute approximate surface area is 84.1 Å². The largest absolute Gasteiger partial charge is 0.467 e. The van der Waals surface area contributed by atoms with Gasteiger partial charge in [-0.15, -0.1) is 0 Å². The highest BCUT2D eigenvalue weighted by molar-refractivity contribution is 5.02. The van der Waals surface area contributed by atoms with E-state index in [9.17, 15) is 5.11 Å². The van der Waals surface area contributed by atoms with Gasteiger partial charge in [0.2, 0.25) is 0 Å². The van der Waals surface area contributed by atoms with E-state index in [0.29, 0.717) is 17.7 Å². The zero-order valence-corrected chi connectivity index (χ0v) is 8.49. The summed E-state index contributed by atoms with van der Waals surface area (Å²) in [5, 5.41) is 12.9. The van der Waals surface area contributed by atoms with E-state index >= 15 is 0 Å². The molecule has 1 aromatic rings. The van der Waals surface area contributed by atoms with Gasteiger partial charge >= 0.3 is 0 Å². The minimum absolute atomic E-state index is 0.489. The molecule has 1 atom stereocenters. The summed E-state index contributed by atoms with van der Waals surface area (Å²) >= 11 is 0. The van der Waals surface area contributed by atoms with Crippen molar-refractivity contribution in [2.75, 3.05) is 13.1 Å². The first-order chi connectivity index (χ1) is 6.70. The van der Waals surface area contributed by atoms with Crippen LogP contribution in [-0.2, 0) is 0 Å². The van der Waals surface area contributed by atoms with Gasteiger partial charge in [0.25, 0.3) is 0 Å². The van der Waals surface area contributed by atoms with Gasteiger partial charge in [0.15, 0.2) is 0 Å². The zero-order chi connectivity index (χ0) is 10.0. The van der Waals surface area contributed by atoms with Crippen molar-refractivity contribution >= 4 is 0 Å². The lowest BCUT2D eigenvalue weighted by Gasteiger charge is -2.12. The van der Waals surface area contributed by atoms with E-state index in [1.165, 1.54) is 12.8 Å². The monoisotopic (exact) mass is 195 g/mol. The minimum Gasteiger partial charge on any atom is -0.467 e. The van der Waals surface area contributed by atoms with Gasteiger partial charge < -0.3 is 14.8 Å². The summed E-state index contributed by atoms with van der Waals surface area (Å²) in [5.74, 6) is 0.637. The molecule has 2 N–H and O–H groups in total. The minimum atomic E-state index is -0.521. The molecule has 1 unspecified atom stereocenters. The highest BCUT2D eigenvalue weighted by Crippen LogP contribution is 2.44. The molecule has 3 heteroatoms. The van der Waals surface area contributed by atoms with Crippen LogP contribution in [-0.4, -0.2) is 18.2 Å². The van der Waals surface area contributed by atoms with E-state index in [4.69, 9.17) is 4.42 Å². The lowest BCUT2D eigenvalue weighted by atomic mass is 10.1. The van der Waals surface area contributed by atoms with Crippen molar-refractivity contribution in [1.29, 1.82) is 0 Å². The molecule has 0 radical (unpaired) electrons. The van der Waals surface area contributed by atoms with Gasteiger partial charge in [-0.25, -0.2) is 0 Å². The van der Waals surface area contributed by atoms with Crippen molar-refractivity contribution in [3.63, 3.8) is 0 Å². The van der Waals surface area contributed by atoms with Crippen LogP contribution in [0.4, 0.5) is 0 Å². The van der Waals surface area contributed by atoms with Gasteiger partial charge in [-0.3, -0.25) is 0 Å². The standard InChI is InChI=1S/C11H17NO2/c1-11(4-5-11)8-12-7-9(13)10-3-2-6-14-10/h2-3,6,9,12-13H,4-5,7-8H2,1H3. The van der Waals surface area contributed by atoms with Gasteiger partial charge in [-0.1, -0.05) is 6.92 Å². The maximum Gasteiger partial charge on any atom is 0.133 e. The van der Waals surface area contributed by atoms with Crippen molar-refractivity contribution in [2.24, 2.45) is 5.41 Å². The molecule has 1 aromatic heterocycles. The topological polar surface area (TPSA) is 45.4 Å². The molecule has 2 rings (SSSR count). The molecule has 0 saturated heterocycles. The van der Waals surface area contributed by atoms with Crippen molar-refractivity contribution in [3.05, 3.63) is 24.2 Å². The smallest absolute Gasteiger partial charge is 0.133 e. The third kappa shape index (κ3) is 2.36. The van der Waals surface area contributed by atoms with Crippen LogP contribution in [0, 0.1) is 5.41 Å². The summed E-state index contributed by atoms with van der Waals surface area (Å²) < 4.78 is 5.10. The maximum absolute atomic E-state index is 9.67. The van der Waals surface area contributed by atoms with Crippen molar-refractivity contribution in [3.8, 4) is 0 Å². The summed E-state index contributed by atoms with van der Waals surface area (Å²) in [7, 11) is 0. The van der Waals surface area contributed by atoms with Gasteiger partial charge in [0.1, 0.15) is 11.9 Å². The maximum atomic E-state index is 9.67. The van der Waals surface area contributed by atoms with Crippen LogP contribution in [0.5, 0.6) is 0 Å². The fourth-order valence-electron chi connectivity index (χ4n) is 1.48. The fourth-order valence-corrected chi connectivity index (χ4v) is 1.48. The number of aliphatic hydroxyl groups excluding tert-OH is 1. The summed E-state index contributed by atoms with van der Waals surface area (Å²) in [5.41, 5.74) is 0.489. The van der Waals surface area contributed by atoms with Gasteiger partial charge in [-0.2, -0.15) is 0 Å². The number of hydrogen-bond donors (Lipinski definition) is 2. The first-order valence-electron chi connectivity index (χ1n) is 5.12. The summed E-state index contributed by atoms with van der Waals surface area (Å²) in [4.78, 5) is 0. The van der Waals surface area contributed by atoms with Crippen molar-refractivity contribution < 1.29 is 9.52 Å². The Morgan fingerprint density at radius 1 is 1.64 bits per heavy atom. The van der Waals surface area contributed by atoms with Gasteiger partial charge in [-0.05, 0) is 30.4 Å². The normalized spacial score (nSPS) is 20.7. The van der Waals surface area contributed by atoms with Gasteiger partial charge in [0.05, 0.1) is 6.26 Å². The Hall–Kier alpha value is -0.800. The second kappa shape index (κ2) is 3.75. The van der Waals surface area contributed by atoms with Gasteiger partial charge in [0, 0.05) is 13.1 Å². The van der Waals surface area contributed by atoms with E-state index in [0.717, 1.165) is 6.54 Å².